The third-order valence-electron chi connectivity index (χ3n) is 4.45. The third kappa shape index (κ3) is 5.44. The van der Waals surface area contributed by atoms with Crippen molar-refractivity contribution in [1.82, 2.24) is 4.90 Å². The van der Waals surface area contributed by atoms with E-state index in [0.29, 0.717) is 24.3 Å². The van der Waals surface area contributed by atoms with Crippen molar-refractivity contribution in [2.24, 2.45) is 15.7 Å². The van der Waals surface area contributed by atoms with Crippen molar-refractivity contribution < 1.29 is 19.1 Å². The van der Waals surface area contributed by atoms with Gasteiger partial charge in [0.2, 0.25) is 5.91 Å². The lowest BCUT2D eigenvalue weighted by Gasteiger charge is -2.17. The molecular weight excluding hydrogens is 384 g/mol. The fraction of sp³-hybridized carbons (Fsp3) is 0.273. The van der Waals surface area contributed by atoms with Gasteiger partial charge in [-0.3, -0.25) is 4.79 Å². The number of hydrogen-bond donors (Lipinski definition) is 1. The van der Waals surface area contributed by atoms with Crippen LogP contribution in [0.15, 0.2) is 69.1 Å². The molecule has 0 heterocycles. The molecular formula is C22H26N4O4. The van der Waals surface area contributed by atoms with Crippen molar-refractivity contribution in [3.05, 3.63) is 59.1 Å². The molecule has 0 radical (unpaired) electrons. The molecule has 158 valence electrons. The standard InChI is InChI=1S/C22H26N4O4/c1-14(15-10-12-16(13-11-15)21(27)26(3)4)25-19(20(23)24-2)22(28)30-18-9-7-6-8-17(18)29-5/h6-10,12H,2,11,13,23H2,1,3-5H3/b20-19-,25-14?. The van der Waals surface area contributed by atoms with Crippen LogP contribution in [0.3, 0.4) is 0 Å². The summed E-state index contributed by atoms with van der Waals surface area (Å²) in [7, 11) is 4.90. The Morgan fingerprint density at radius 2 is 1.70 bits per heavy atom. The summed E-state index contributed by atoms with van der Waals surface area (Å²) in [4.78, 5) is 34.3. The molecule has 0 atom stereocenters. The molecule has 0 bridgehead atoms. The molecule has 0 fully saturated rings. The van der Waals surface area contributed by atoms with Gasteiger partial charge in [-0.15, -0.1) is 0 Å². The average molecular weight is 410 g/mol. The molecule has 0 aliphatic heterocycles. The normalized spacial score (nSPS) is 14.7. The largest absolute Gasteiger partial charge is 0.493 e. The topological polar surface area (TPSA) is 107 Å². The highest BCUT2D eigenvalue weighted by molar-refractivity contribution is 6.04. The van der Waals surface area contributed by atoms with Crippen molar-refractivity contribution in [3.8, 4) is 11.5 Å². The second-order valence-corrected chi connectivity index (χ2v) is 6.71. The van der Waals surface area contributed by atoms with E-state index in [9.17, 15) is 9.59 Å². The van der Waals surface area contributed by atoms with E-state index < -0.39 is 5.97 Å². The zero-order valence-electron chi connectivity index (χ0n) is 17.6. The minimum absolute atomic E-state index is 0.0269. The number of methoxy groups -OCH3 is 1. The molecule has 0 aromatic heterocycles. The highest BCUT2D eigenvalue weighted by Crippen LogP contribution is 2.27. The summed E-state index contributed by atoms with van der Waals surface area (Å²) in [5, 5.41) is 0. The van der Waals surface area contributed by atoms with E-state index >= 15 is 0 Å². The number of hydrogen-bond acceptors (Lipinski definition) is 7. The Morgan fingerprint density at radius 3 is 2.23 bits per heavy atom. The highest BCUT2D eigenvalue weighted by Gasteiger charge is 2.20. The highest BCUT2D eigenvalue weighted by atomic mass is 16.6. The van der Waals surface area contributed by atoms with Gasteiger partial charge >= 0.3 is 5.97 Å². The minimum Gasteiger partial charge on any atom is -0.493 e. The van der Waals surface area contributed by atoms with Gasteiger partial charge in [0.05, 0.1) is 7.11 Å². The predicted octanol–water partition coefficient (Wildman–Crippen LogP) is 2.62. The number of amides is 1. The SMILES string of the molecule is C=N/C(N)=C(\N=C(C)C1=CC=C(C(=O)N(C)C)CC1)C(=O)Oc1ccccc1OC. The summed E-state index contributed by atoms with van der Waals surface area (Å²) in [6.07, 6.45) is 4.78. The Labute approximate surface area is 176 Å². The number of esters is 1. The molecule has 1 aromatic carbocycles. The second kappa shape index (κ2) is 10.2. The molecule has 1 aliphatic rings. The van der Waals surface area contributed by atoms with E-state index in [1.807, 2.05) is 6.08 Å². The smallest absolute Gasteiger partial charge is 0.366 e. The first kappa shape index (κ1) is 22.6. The molecule has 0 unspecified atom stereocenters. The van der Waals surface area contributed by atoms with Gasteiger partial charge in [0.15, 0.2) is 23.0 Å². The number of rotatable bonds is 7. The van der Waals surface area contributed by atoms with Crippen LogP contribution in [0.25, 0.3) is 0 Å². The number of carbonyl (C=O) groups is 2. The molecule has 2 N–H and O–H groups in total. The minimum atomic E-state index is -0.779. The quantitative estimate of drug-likeness (QED) is 0.322. The molecule has 0 saturated heterocycles. The van der Waals surface area contributed by atoms with E-state index in [1.165, 1.54) is 12.0 Å². The average Bonchev–Trinajstić information content (AvgIpc) is 2.76. The lowest BCUT2D eigenvalue weighted by Crippen LogP contribution is -2.24. The molecule has 8 heteroatoms. The Bertz CT molecular complexity index is 971. The van der Waals surface area contributed by atoms with Gasteiger partial charge in [-0.25, -0.2) is 14.8 Å². The van der Waals surface area contributed by atoms with E-state index in [-0.39, 0.29) is 23.2 Å². The maximum absolute atomic E-state index is 12.7. The van der Waals surface area contributed by atoms with Crippen molar-refractivity contribution in [1.29, 1.82) is 0 Å². The van der Waals surface area contributed by atoms with Gasteiger partial charge in [0.1, 0.15) is 0 Å². The van der Waals surface area contributed by atoms with Crippen LogP contribution >= 0.6 is 0 Å². The van der Waals surface area contributed by atoms with Crippen LogP contribution in [-0.2, 0) is 9.59 Å². The van der Waals surface area contributed by atoms with Crippen molar-refractivity contribution in [2.45, 2.75) is 19.8 Å². The van der Waals surface area contributed by atoms with Crippen molar-refractivity contribution >= 4 is 24.3 Å². The zero-order valence-corrected chi connectivity index (χ0v) is 17.6. The number of para-hydroxylation sites is 2. The first-order chi connectivity index (χ1) is 14.3. The fourth-order valence-electron chi connectivity index (χ4n) is 2.78. The first-order valence-electron chi connectivity index (χ1n) is 9.27. The summed E-state index contributed by atoms with van der Waals surface area (Å²) in [5.74, 6) is -0.321. The van der Waals surface area contributed by atoms with E-state index in [2.05, 4.69) is 16.7 Å². The second-order valence-electron chi connectivity index (χ2n) is 6.71. The van der Waals surface area contributed by atoms with Gasteiger partial charge in [0.25, 0.3) is 0 Å². The van der Waals surface area contributed by atoms with E-state index in [0.717, 1.165) is 11.1 Å². The Balaban J connectivity index is 2.30. The number of nitrogens with two attached hydrogens (primary N) is 1. The number of ether oxygens (including phenoxy) is 2. The van der Waals surface area contributed by atoms with Crippen LogP contribution in [-0.4, -0.2) is 50.4 Å². The first-order valence-corrected chi connectivity index (χ1v) is 9.27. The molecule has 30 heavy (non-hydrogen) atoms. The Hall–Kier alpha value is -3.68. The molecule has 1 aliphatic carbocycles. The van der Waals surface area contributed by atoms with Gasteiger partial charge in [-0.1, -0.05) is 24.3 Å². The molecule has 0 saturated carbocycles. The molecule has 1 aromatic rings. The fourth-order valence-corrected chi connectivity index (χ4v) is 2.78. The number of allylic oxidation sites excluding steroid dienone is 3. The summed E-state index contributed by atoms with van der Waals surface area (Å²) >= 11 is 0. The van der Waals surface area contributed by atoms with E-state index in [1.54, 1.807) is 51.4 Å². The maximum Gasteiger partial charge on any atom is 0.366 e. The number of aliphatic imine (C=N–C) groups is 2. The summed E-state index contributed by atoms with van der Waals surface area (Å²) in [6.45, 7) is 5.12. The Kier molecular flexibility index (Phi) is 7.69. The monoisotopic (exact) mass is 410 g/mol. The summed E-state index contributed by atoms with van der Waals surface area (Å²) in [6, 6.07) is 6.73. The van der Waals surface area contributed by atoms with E-state index in [4.69, 9.17) is 15.2 Å². The van der Waals surface area contributed by atoms with Crippen molar-refractivity contribution in [2.75, 3.05) is 21.2 Å². The lowest BCUT2D eigenvalue weighted by molar-refractivity contribution is -0.130. The molecule has 1 amide bonds. The van der Waals surface area contributed by atoms with Crippen LogP contribution in [0.5, 0.6) is 11.5 Å². The third-order valence-corrected chi connectivity index (χ3v) is 4.45. The summed E-state index contributed by atoms with van der Waals surface area (Å²) < 4.78 is 10.6. The van der Waals surface area contributed by atoms with Gasteiger partial charge < -0.3 is 20.1 Å². The number of nitrogens with zero attached hydrogens (tertiary/aromatic N) is 3. The van der Waals surface area contributed by atoms with Crippen LogP contribution in [0.4, 0.5) is 0 Å². The number of carbonyl (C=O) groups excluding carboxylic acids is 2. The summed E-state index contributed by atoms with van der Waals surface area (Å²) in [5.41, 5.74) is 7.85. The Morgan fingerprint density at radius 1 is 1.10 bits per heavy atom. The molecule has 8 nitrogen and oxygen atoms in total. The number of likely N-dealkylation sites (N-methyl/N-ethyl adjacent to an activating group) is 1. The van der Waals surface area contributed by atoms with Crippen LogP contribution in [0, 0.1) is 0 Å². The number of benzene rings is 1. The van der Waals surface area contributed by atoms with Crippen molar-refractivity contribution in [3.63, 3.8) is 0 Å². The van der Waals surface area contributed by atoms with Crippen LogP contribution in [0.2, 0.25) is 0 Å². The van der Waals surface area contributed by atoms with Gasteiger partial charge in [0, 0.05) is 25.4 Å². The van der Waals surface area contributed by atoms with Crippen LogP contribution < -0.4 is 15.2 Å². The maximum atomic E-state index is 12.7. The lowest BCUT2D eigenvalue weighted by atomic mass is 9.95. The zero-order chi connectivity index (χ0) is 22.3. The predicted molar refractivity (Wildman–Crippen MR) is 117 cm³/mol. The molecule has 0 spiro atoms. The van der Waals surface area contributed by atoms with Gasteiger partial charge in [-0.05, 0) is 44.2 Å². The van der Waals surface area contributed by atoms with Gasteiger partial charge in [-0.2, -0.15) is 0 Å². The van der Waals surface area contributed by atoms with Crippen LogP contribution in [0.1, 0.15) is 19.8 Å². The molecule has 2 rings (SSSR count).